The molecule has 0 atom stereocenters. The summed E-state index contributed by atoms with van der Waals surface area (Å²) in [6.07, 6.45) is 4.71. The molecule has 1 heterocycles. The number of nitrogens with two attached hydrogens (primary N) is 1. The zero-order valence-electron chi connectivity index (χ0n) is 11.5. The highest BCUT2D eigenvalue weighted by Gasteiger charge is 2.22. The molecule has 4 heteroatoms. The average Bonchev–Trinajstić information content (AvgIpc) is 2.81. The first-order valence-electron chi connectivity index (χ1n) is 7.12. The van der Waals surface area contributed by atoms with E-state index in [0.717, 1.165) is 36.2 Å². The third-order valence-electron chi connectivity index (χ3n) is 4.20. The summed E-state index contributed by atoms with van der Waals surface area (Å²) in [5.41, 5.74) is 8.14. The van der Waals surface area contributed by atoms with Crippen molar-refractivity contribution in [3.05, 3.63) is 30.1 Å². The highest BCUT2D eigenvalue weighted by atomic mass is 15.2. The van der Waals surface area contributed by atoms with Gasteiger partial charge in [0.25, 0.3) is 0 Å². The van der Waals surface area contributed by atoms with E-state index in [0.29, 0.717) is 12.1 Å². The molecule has 0 radical (unpaired) electrons. The molecule has 4 nitrogen and oxygen atoms in total. The number of nitrogens with one attached hydrogen (secondary N) is 1. The summed E-state index contributed by atoms with van der Waals surface area (Å²) < 4.78 is 0. The number of imidazole rings is 1. The summed E-state index contributed by atoms with van der Waals surface area (Å²) >= 11 is 0. The molecule has 102 valence electrons. The fraction of sp³-hybridized carbons (Fsp3) is 0.533. The molecule has 0 bridgehead atoms. The summed E-state index contributed by atoms with van der Waals surface area (Å²) in [5, 5.41) is 0. The molecule has 0 spiro atoms. The Kier molecular flexibility index (Phi) is 3.53. The minimum Gasteiger partial charge on any atom is -0.341 e. The quantitative estimate of drug-likeness (QED) is 0.888. The lowest BCUT2D eigenvalue weighted by atomic mass is 9.91. The SMILES string of the molecule is CN(Cc1nc2ccccc2[nH]1)C1CCC(N)CC1. The Bertz CT molecular complexity index is 507. The van der Waals surface area contributed by atoms with Gasteiger partial charge in [-0.3, -0.25) is 4.90 Å². The number of fused-ring (bicyclic) bond motifs is 1. The van der Waals surface area contributed by atoms with Crippen molar-refractivity contribution in [2.75, 3.05) is 7.05 Å². The lowest BCUT2D eigenvalue weighted by Gasteiger charge is -2.32. The third-order valence-corrected chi connectivity index (χ3v) is 4.20. The number of nitrogens with zero attached hydrogens (tertiary/aromatic N) is 2. The topological polar surface area (TPSA) is 57.9 Å². The molecule has 0 amide bonds. The Labute approximate surface area is 114 Å². The number of benzene rings is 1. The Hall–Kier alpha value is -1.39. The molecule has 0 unspecified atom stereocenters. The van der Waals surface area contributed by atoms with Crippen LogP contribution in [-0.2, 0) is 6.54 Å². The van der Waals surface area contributed by atoms with Crippen LogP contribution < -0.4 is 5.73 Å². The Balaban J connectivity index is 1.67. The summed E-state index contributed by atoms with van der Waals surface area (Å²) in [6.45, 7) is 0.884. The zero-order chi connectivity index (χ0) is 13.2. The summed E-state index contributed by atoms with van der Waals surface area (Å²) in [7, 11) is 2.19. The highest BCUT2D eigenvalue weighted by Crippen LogP contribution is 2.22. The number of aromatic nitrogens is 2. The Morgan fingerprint density at radius 3 is 2.74 bits per heavy atom. The van der Waals surface area contributed by atoms with E-state index in [1.807, 2.05) is 12.1 Å². The summed E-state index contributed by atoms with van der Waals surface area (Å²) in [4.78, 5) is 10.4. The predicted octanol–water partition coefficient (Wildman–Crippen LogP) is 2.26. The standard InChI is InChI=1S/C15H22N4/c1-19(12-8-6-11(16)7-9-12)10-15-17-13-4-2-3-5-14(13)18-15/h2-5,11-12H,6-10,16H2,1H3,(H,17,18). The van der Waals surface area contributed by atoms with Crippen LogP contribution in [0.2, 0.25) is 0 Å². The van der Waals surface area contributed by atoms with Crippen LogP contribution in [0.5, 0.6) is 0 Å². The number of rotatable bonds is 3. The first kappa shape index (κ1) is 12.6. The fourth-order valence-corrected chi connectivity index (χ4v) is 2.99. The van der Waals surface area contributed by atoms with E-state index in [-0.39, 0.29) is 0 Å². The van der Waals surface area contributed by atoms with Gasteiger partial charge >= 0.3 is 0 Å². The van der Waals surface area contributed by atoms with Crippen LogP contribution in [0.15, 0.2) is 24.3 Å². The largest absolute Gasteiger partial charge is 0.341 e. The molecule has 1 aliphatic rings. The van der Waals surface area contributed by atoms with Crippen LogP contribution in [0, 0.1) is 0 Å². The lowest BCUT2D eigenvalue weighted by Crippen LogP contribution is -2.38. The predicted molar refractivity (Wildman–Crippen MR) is 77.8 cm³/mol. The molecule has 1 aromatic heterocycles. The van der Waals surface area contributed by atoms with Crippen molar-refractivity contribution in [3.63, 3.8) is 0 Å². The van der Waals surface area contributed by atoms with Gasteiger partial charge in [-0.1, -0.05) is 12.1 Å². The maximum atomic E-state index is 5.96. The number of para-hydroxylation sites is 2. The van der Waals surface area contributed by atoms with E-state index in [1.165, 1.54) is 12.8 Å². The van der Waals surface area contributed by atoms with E-state index in [1.54, 1.807) is 0 Å². The number of hydrogen-bond donors (Lipinski definition) is 2. The van der Waals surface area contributed by atoms with Crippen molar-refractivity contribution in [3.8, 4) is 0 Å². The van der Waals surface area contributed by atoms with Gasteiger partial charge in [0.2, 0.25) is 0 Å². The monoisotopic (exact) mass is 258 g/mol. The maximum Gasteiger partial charge on any atom is 0.121 e. The minimum absolute atomic E-state index is 0.413. The van der Waals surface area contributed by atoms with Crippen LogP contribution in [0.25, 0.3) is 11.0 Å². The van der Waals surface area contributed by atoms with Gasteiger partial charge in [0.1, 0.15) is 5.82 Å². The first-order chi connectivity index (χ1) is 9.22. The van der Waals surface area contributed by atoms with Crippen molar-refractivity contribution < 1.29 is 0 Å². The lowest BCUT2D eigenvalue weighted by molar-refractivity contribution is 0.173. The summed E-state index contributed by atoms with van der Waals surface area (Å²) in [6, 6.07) is 9.25. The van der Waals surface area contributed by atoms with Crippen molar-refractivity contribution in [1.29, 1.82) is 0 Å². The highest BCUT2D eigenvalue weighted by molar-refractivity contribution is 5.74. The molecule has 3 rings (SSSR count). The van der Waals surface area contributed by atoms with Crippen molar-refractivity contribution in [2.24, 2.45) is 5.73 Å². The van der Waals surface area contributed by atoms with Gasteiger partial charge in [-0.25, -0.2) is 4.98 Å². The molecule has 0 saturated heterocycles. The van der Waals surface area contributed by atoms with Gasteiger partial charge in [-0.2, -0.15) is 0 Å². The van der Waals surface area contributed by atoms with Crippen LogP contribution in [0.1, 0.15) is 31.5 Å². The summed E-state index contributed by atoms with van der Waals surface area (Å²) in [5.74, 6) is 1.05. The van der Waals surface area contributed by atoms with Crippen molar-refractivity contribution in [1.82, 2.24) is 14.9 Å². The van der Waals surface area contributed by atoms with Crippen LogP contribution in [0.4, 0.5) is 0 Å². The van der Waals surface area contributed by atoms with Gasteiger partial charge in [0.05, 0.1) is 17.6 Å². The second-order valence-corrected chi connectivity index (χ2v) is 5.68. The Morgan fingerprint density at radius 2 is 2.00 bits per heavy atom. The van der Waals surface area contributed by atoms with Crippen LogP contribution in [0.3, 0.4) is 0 Å². The first-order valence-corrected chi connectivity index (χ1v) is 7.12. The van der Waals surface area contributed by atoms with Crippen LogP contribution >= 0.6 is 0 Å². The van der Waals surface area contributed by atoms with Crippen LogP contribution in [-0.4, -0.2) is 34.0 Å². The van der Waals surface area contributed by atoms with E-state index in [4.69, 9.17) is 5.73 Å². The molecule has 1 aliphatic carbocycles. The van der Waals surface area contributed by atoms with E-state index >= 15 is 0 Å². The molecule has 19 heavy (non-hydrogen) atoms. The molecule has 0 aliphatic heterocycles. The molecule has 1 fully saturated rings. The van der Waals surface area contributed by atoms with Gasteiger partial charge in [-0.15, -0.1) is 0 Å². The number of hydrogen-bond acceptors (Lipinski definition) is 3. The molecule has 3 N–H and O–H groups in total. The fourth-order valence-electron chi connectivity index (χ4n) is 2.99. The van der Waals surface area contributed by atoms with Crippen molar-refractivity contribution >= 4 is 11.0 Å². The van der Waals surface area contributed by atoms with Crippen molar-refractivity contribution in [2.45, 2.75) is 44.3 Å². The molecular formula is C15H22N4. The number of H-pyrrole nitrogens is 1. The average molecular weight is 258 g/mol. The smallest absolute Gasteiger partial charge is 0.121 e. The number of aromatic amines is 1. The third kappa shape index (κ3) is 2.80. The van der Waals surface area contributed by atoms with E-state index < -0.39 is 0 Å². The molecular weight excluding hydrogens is 236 g/mol. The molecule has 1 aromatic carbocycles. The Morgan fingerprint density at radius 1 is 1.26 bits per heavy atom. The maximum absolute atomic E-state index is 5.96. The molecule has 2 aromatic rings. The second-order valence-electron chi connectivity index (χ2n) is 5.68. The van der Waals surface area contributed by atoms with Gasteiger partial charge < -0.3 is 10.7 Å². The van der Waals surface area contributed by atoms with E-state index in [2.05, 4.69) is 34.0 Å². The molecule has 1 saturated carbocycles. The van der Waals surface area contributed by atoms with Gasteiger partial charge in [-0.05, 0) is 44.9 Å². The zero-order valence-corrected chi connectivity index (χ0v) is 11.5. The van der Waals surface area contributed by atoms with Gasteiger partial charge in [0, 0.05) is 12.1 Å². The van der Waals surface area contributed by atoms with E-state index in [9.17, 15) is 0 Å². The van der Waals surface area contributed by atoms with Gasteiger partial charge in [0.15, 0.2) is 0 Å². The normalized spacial score (nSPS) is 24.2. The minimum atomic E-state index is 0.413. The second kappa shape index (κ2) is 5.31.